The molecule has 0 spiro atoms. The second-order valence-electron chi connectivity index (χ2n) is 24.0. The van der Waals surface area contributed by atoms with Gasteiger partial charge in [-0.2, -0.15) is 0 Å². The number of hydrogen-bond acceptors (Lipinski definition) is 18. The maximum Gasteiger partial charge on any atom is 0.335 e. The highest BCUT2D eigenvalue weighted by molar-refractivity contribution is 5.74. The van der Waals surface area contributed by atoms with Crippen LogP contribution in [-0.4, -0.2) is 161 Å². The third-order valence-electron chi connectivity index (χ3n) is 16.9. The van der Waals surface area contributed by atoms with E-state index in [-0.39, 0.29) is 38.5 Å². The fourth-order valence-corrected chi connectivity index (χ4v) is 11.6. The van der Waals surface area contributed by atoms with Crippen LogP contribution in [0.3, 0.4) is 0 Å². The summed E-state index contributed by atoms with van der Waals surface area (Å²) in [6.07, 6.45) is 14.9. The average Bonchev–Trinajstić information content (AvgIpc) is 3.64. The lowest BCUT2D eigenvalue weighted by atomic mass is 9.77. The van der Waals surface area contributed by atoms with E-state index in [1.807, 2.05) is 0 Å². The lowest BCUT2D eigenvalue weighted by molar-refractivity contribution is -0.364. The van der Waals surface area contributed by atoms with E-state index in [0.29, 0.717) is 25.7 Å². The first-order chi connectivity index (χ1) is 39.8. The number of aliphatic hydroxyl groups excluding tert-OH is 6. The van der Waals surface area contributed by atoms with E-state index >= 15 is 0 Å². The van der Waals surface area contributed by atoms with Crippen molar-refractivity contribution in [3.63, 3.8) is 0 Å². The van der Waals surface area contributed by atoms with Crippen molar-refractivity contribution < 1.29 is 98.7 Å². The summed E-state index contributed by atoms with van der Waals surface area (Å²) in [6.45, 7) is 5.44. The Labute approximate surface area is 496 Å². The summed E-state index contributed by atoms with van der Waals surface area (Å²) in [4.78, 5) is 64.5. The van der Waals surface area contributed by atoms with Gasteiger partial charge in [0.05, 0.1) is 6.42 Å². The second kappa shape index (κ2) is 44.4. The zero-order valence-corrected chi connectivity index (χ0v) is 51.1. The van der Waals surface area contributed by atoms with E-state index in [1.54, 1.807) is 0 Å². The van der Waals surface area contributed by atoms with Gasteiger partial charge in [0.1, 0.15) is 49.8 Å². The zero-order chi connectivity index (χ0) is 61.5. The quantitative estimate of drug-likeness (QED) is 0.0154. The van der Waals surface area contributed by atoms with E-state index < -0.39 is 128 Å². The van der Waals surface area contributed by atoms with Gasteiger partial charge >= 0.3 is 29.8 Å². The van der Waals surface area contributed by atoms with Crippen LogP contribution in [0.15, 0.2) is 0 Å². The number of aliphatic carboxylic acids is 2. The Morgan fingerprint density at radius 2 is 0.687 bits per heavy atom. The summed E-state index contributed by atoms with van der Waals surface area (Å²) in [7, 11) is 0. The van der Waals surface area contributed by atoms with E-state index in [2.05, 4.69) is 20.8 Å². The van der Waals surface area contributed by atoms with Gasteiger partial charge in [-0.3, -0.25) is 14.4 Å². The number of aliphatic hydroxyl groups is 8. The van der Waals surface area contributed by atoms with Gasteiger partial charge in [0.2, 0.25) is 0 Å². The molecule has 486 valence electrons. The minimum absolute atomic E-state index is 0.0615. The van der Waals surface area contributed by atoms with Crippen LogP contribution in [0.2, 0.25) is 0 Å². The Balaban J connectivity index is 2.23. The molecule has 2 fully saturated rings. The second-order valence-corrected chi connectivity index (χ2v) is 24.0. The normalized spacial score (nSPS) is 25.6. The smallest absolute Gasteiger partial charge is 0.335 e. The molecule has 2 aliphatic rings. The molecular formula is C63H114O20. The highest BCUT2D eigenvalue weighted by atomic mass is 16.7. The van der Waals surface area contributed by atoms with Crippen molar-refractivity contribution in [2.45, 2.75) is 344 Å². The molecule has 20 nitrogen and oxygen atoms in total. The summed E-state index contributed by atoms with van der Waals surface area (Å²) < 4.78 is 27.8. The largest absolute Gasteiger partial charge is 0.479 e. The summed E-state index contributed by atoms with van der Waals surface area (Å²) in [6, 6.07) is 0. The highest BCUT2D eigenvalue weighted by Crippen LogP contribution is 2.42. The molecule has 0 aromatic heterocycles. The fraction of sp³-hybridized carbons (Fsp3) is 0.921. The van der Waals surface area contributed by atoms with Crippen molar-refractivity contribution in [2.24, 2.45) is 11.8 Å². The molecule has 0 bridgehead atoms. The van der Waals surface area contributed by atoms with Crippen molar-refractivity contribution in [3.8, 4) is 0 Å². The van der Waals surface area contributed by atoms with Gasteiger partial charge in [-0.05, 0) is 32.1 Å². The number of carbonyl (C=O) groups is 5. The van der Waals surface area contributed by atoms with E-state index in [4.69, 9.17) is 23.7 Å². The van der Waals surface area contributed by atoms with E-state index in [0.717, 1.165) is 83.5 Å². The molecule has 2 rings (SSSR count). The summed E-state index contributed by atoms with van der Waals surface area (Å²) in [5.41, 5.74) is 0. The first-order valence-electron chi connectivity index (χ1n) is 32.6. The van der Waals surface area contributed by atoms with Gasteiger partial charge in [0.25, 0.3) is 0 Å². The van der Waals surface area contributed by atoms with Crippen LogP contribution < -0.4 is 0 Å². The Hall–Kier alpha value is -3.05. The maximum atomic E-state index is 13.9. The lowest BCUT2D eigenvalue weighted by Crippen LogP contribution is -2.68. The number of unbranched alkanes of at least 4 members (excludes halogenated alkanes) is 30. The Morgan fingerprint density at radius 1 is 0.386 bits per heavy atom. The third-order valence-corrected chi connectivity index (χ3v) is 16.9. The molecule has 2 heterocycles. The van der Waals surface area contributed by atoms with Crippen LogP contribution in [0, 0.1) is 11.8 Å². The van der Waals surface area contributed by atoms with Crippen LogP contribution in [-0.2, 0) is 47.7 Å². The number of carboxylic acid groups (broad SMARTS) is 2. The molecule has 2 saturated heterocycles. The van der Waals surface area contributed by atoms with Crippen LogP contribution in [0.25, 0.3) is 0 Å². The highest BCUT2D eigenvalue weighted by Gasteiger charge is 2.60. The summed E-state index contributed by atoms with van der Waals surface area (Å²) in [5.74, 6) is -14.3. The van der Waals surface area contributed by atoms with Crippen molar-refractivity contribution >= 4 is 29.8 Å². The average molecular weight is 1190 g/mol. The molecule has 0 saturated carbocycles. The van der Waals surface area contributed by atoms with Crippen LogP contribution in [0.5, 0.6) is 0 Å². The van der Waals surface area contributed by atoms with Crippen molar-refractivity contribution in [1.82, 2.24) is 0 Å². The fourth-order valence-electron chi connectivity index (χ4n) is 11.6. The van der Waals surface area contributed by atoms with Crippen molar-refractivity contribution in [1.29, 1.82) is 0 Å². The predicted molar refractivity (Wildman–Crippen MR) is 311 cm³/mol. The molecule has 0 amide bonds. The predicted octanol–water partition coefficient (Wildman–Crippen LogP) is 9.39. The third kappa shape index (κ3) is 29.5. The van der Waals surface area contributed by atoms with Gasteiger partial charge < -0.3 is 74.7 Å². The maximum absolute atomic E-state index is 13.9. The topological polar surface area (TPSA) is 334 Å². The Morgan fingerprint density at radius 3 is 1.06 bits per heavy atom. The molecule has 10 N–H and O–H groups in total. The minimum atomic E-state index is -3.05. The Bertz CT molecular complexity index is 1740. The number of carbonyl (C=O) groups excluding carboxylic acids is 3. The van der Waals surface area contributed by atoms with Crippen molar-refractivity contribution in [3.05, 3.63) is 0 Å². The van der Waals surface area contributed by atoms with Crippen LogP contribution >= 0.6 is 0 Å². The number of hydrogen-bond donors (Lipinski definition) is 10. The molecule has 0 aliphatic carbocycles. The van der Waals surface area contributed by atoms with Gasteiger partial charge in [0.15, 0.2) is 29.9 Å². The van der Waals surface area contributed by atoms with Crippen LogP contribution in [0.4, 0.5) is 0 Å². The SMILES string of the molecule is CCCCCCCCCCCCCCCC(=O)OCC(COC(=O)CC(CCCC(CCCCCCCCC)C1(O)O[C@H](C(=O)O)[C@@H](O)[C@H](O)[C@H]1O)C1(O)O[C@H](C(=O)O)[C@@H](O)[C@H](O)[C@H]1O)OC(=O)CCCCCCCCCCCCCCC. The zero-order valence-electron chi connectivity index (χ0n) is 51.1. The molecule has 0 aromatic carbocycles. The van der Waals surface area contributed by atoms with Gasteiger partial charge in [0, 0.05) is 24.7 Å². The number of rotatable bonds is 51. The summed E-state index contributed by atoms with van der Waals surface area (Å²) >= 11 is 0. The molecule has 0 aromatic rings. The molecule has 83 heavy (non-hydrogen) atoms. The molecule has 2 aliphatic heterocycles. The molecule has 0 radical (unpaired) electrons. The van der Waals surface area contributed by atoms with Crippen molar-refractivity contribution in [2.75, 3.05) is 13.2 Å². The molecule has 13 atom stereocenters. The number of ether oxygens (including phenoxy) is 5. The minimum Gasteiger partial charge on any atom is -0.479 e. The number of esters is 3. The molecule has 20 heteroatoms. The monoisotopic (exact) mass is 1190 g/mol. The van der Waals surface area contributed by atoms with Gasteiger partial charge in [-0.15, -0.1) is 0 Å². The first kappa shape index (κ1) is 76.0. The first-order valence-corrected chi connectivity index (χ1v) is 32.6. The Kier molecular flexibility index (Phi) is 40.7. The van der Waals surface area contributed by atoms with Crippen LogP contribution in [0.1, 0.15) is 278 Å². The lowest BCUT2D eigenvalue weighted by Gasteiger charge is -2.49. The molecule has 5 unspecified atom stereocenters. The van der Waals surface area contributed by atoms with Gasteiger partial charge in [-0.25, -0.2) is 9.59 Å². The number of carboxylic acids is 2. The van der Waals surface area contributed by atoms with Gasteiger partial charge in [-0.1, -0.05) is 226 Å². The molecular weight excluding hydrogens is 1080 g/mol. The van der Waals surface area contributed by atoms with E-state index in [9.17, 15) is 75.0 Å². The summed E-state index contributed by atoms with van der Waals surface area (Å²) in [5, 5.41) is 109. The standard InChI is InChI=1S/C63H114O20/c1-4-7-10-13-16-18-20-22-24-26-29-32-35-41-49(64)79-44-48(81-50(65)42-36-33-30-27-25-23-21-19-17-14-11-8-5-2)45-80-51(66)43-47(63(78)59(72)55(70)53(68)57(83-63)61(75)76)40-37-39-46(38-34-31-28-15-12-9-6-3)62(77)58(71)54(69)52(67)56(82-62)60(73)74/h46-48,52-59,67-72,77-78H,4-45H2,1-3H3,(H,73,74)(H,75,76)/t46?,47?,48?,52-,53-,54-,55-,56-,57-,58+,59+,62?,63?/m0/s1. The van der Waals surface area contributed by atoms with E-state index in [1.165, 1.54) is 103 Å².